The van der Waals surface area contributed by atoms with Crippen LogP contribution in [0.25, 0.3) is 0 Å². The van der Waals surface area contributed by atoms with E-state index in [1.165, 1.54) is 7.11 Å². The summed E-state index contributed by atoms with van der Waals surface area (Å²) in [6.07, 6.45) is 2.10. The van der Waals surface area contributed by atoms with E-state index in [2.05, 4.69) is 5.32 Å². The fraction of sp³-hybridized carbons (Fsp3) is 0.889. The van der Waals surface area contributed by atoms with Gasteiger partial charge in [0.25, 0.3) is 0 Å². The van der Waals surface area contributed by atoms with Crippen LogP contribution in [0.4, 0.5) is 0 Å². The molecule has 2 aliphatic rings. The van der Waals surface area contributed by atoms with Crippen molar-refractivity contribution >= 4 is 5.97 Å². The van der Waals surface area contributed by atoms with Crippen LogP contribution in [0.1, 0.15) is 12.8 Å². The first-order valence-electron chi connectivity index (χ1n) is 4.74. The van der Waals surface area contributed by atoms with Gasteiger partial charge >= 0.3 is 5.97 Å². The summed E-state index contributed by atoms with van der Waals surface area (Å²) in [5.41, 5.74) is 0. The van der Waals surface area contributed by atoms with E-state index >= 15 is 0 Å². The van der Waals surface area contributed by atoms with E-state index in [-0.39, 0.29) is 18.0 Å². The number of hydrogen-bond donors (Lipinski definition) is 1. The molecule has 0 aromatic carbocycles. The summed E-state index contributed by atoms with van der Waals surface area (Å²) in [7, 11) is 1.43. The monoisotopic (exact) mass is 185 g/mol. The van der Waals surface area contributed by atoms with Gasteiger partial charge in [0.1, 0.15) is 0 Å². The summed E-state index contributed by atoms with van der Waals surface area (Å²) >= 11 is 0. The van der Waals surface area contributed by atoms with Gasteiger partial charge < -0.3 is 14.8 Å². The van der Waals surface area contributed by atoms with Gasteiger partial charge in [0, 0.05) is 19.2 Å². The van der Waals surface area contributed by atoms with Crippen molar-refractivity contribution in [3.8, 4) is 0 Å². The molecule has 3 atom stereocenters. The molecule has 0 saturated carbocycles. The molecule has 2 fully saturated rings. The Bertz CT molecular complexity index is 207. The van der Waals surface area contributed by atoms with Crippen molar-refractivity contribution in [2.45, 2.75) is 25.0 Å². The largest absolute Gasteiger partial charge is 0.469 e. The molecule has 0 aromatic heterocycles. The molecule has 2 saturated heterocycles. The summed E-state index contributed by atoms with van der Waals surface area (Å²) < 4.78 is 10.2. The van der Waals surface area contributed by atoms with E-state index in [4.69, 9.17) is 9.47 Å². The Morgan fingerprint density at radius 2 is 2.46 bits per heavy atom. The fourth-order valence-corrected chi connectivity index (χ4v) is 2.12. The van der Waals surface area contributed by atoms with Crippen molar-refractivity contribution in [3.63, 3.8) is 0 Å². The Labute approximate surface area is 77.6 Å². The van der Waals surface area contributed by atoms with Gasteiger partial charge in [-0.1, -0.05) is 0 Å². The van der Waals surface area contributed by atoms with Gasteiger partial charge in [-0.05, 0) is 12.8 Å². The zero-order valence-electron chi connectivity index (χ0n) is 7.79. The highest BCUT2D eigenvalue weighted by atomic mass is 16.5. The number of carbonyl (C=O) groups is 1. The van der Waals surface area contributed by atoms with Crippen molar-refractivity contribution in [1.29, 1.82) is 0 Å². The Balaban J connectivity index is 1.93. The molecule has 74 valence electrons. The minimum absolute atomic E-state index is 0.0238. The van der Waals surface area contributed by atoms with Crippen LogP contribution in [0.15, 0.2) is 0 Å². The molecule has 2 aliphatic heterocycles. The number of rotatable bonds is 1. The maximum Gasteiger partial charge on any atom is 0.310 e. The predicted octanol–water partition coefficient (Wildman–Crippen LogP) is -0.0736. The van der Waals surface area contributed by atoms with Crippen molar-refractivity contribution in [2.24, 2.45) is 5.92 Å². The summed E-state index contributed by atoms with van der Waals surface area (Å²) in [5.74, 6) is -0.147. The van der Waals surface area contributed by atoms with E-state index in [0.717, 1.165) is 26.0 Å². The van der Waals surface area contributed by atoms with E-state index in [1.807, 2.05) is 0 Å². The van der Waals surface area contributed by atoms with Crippen LogP contribution >= 0.6 is 0 Å². The molecule has 0 spiro atoms. The lowest BCUT2D eigenvalue weighted by atomic mass is 9.92. The quantitative estimate of drug-likeness (QED) is 0.581. The van der Waals surface area contributed by atoms with Crippen LogP contribution in [-0.2, 0) is 14.3 Å². The average molecular weight is 185 g/mol. The van der Waals surface area contributed by atoms with Crippen LogP contribution in [0, 0.1) is 5.92 Å². The van der Waals surface area contributed by atoms with Crippen LogP contribution in [-0.4, -0.2) is 38.4 Å². The second kappa shape index (κ2) is 3.64. The highest BCUT2D eigenvalue weighted by molar-refractivity contribution is 5.72. The third kappa shape index (κ3) is 1.69. The summed E-state index contributed by atoms with van der Waals surface area (Å²) in [6, 6.07) is 0.459. The molecule has 0 bridgehead atoms. The van der Waals surface area contributed by atoms with Gasteiger partial charge in [-0.2, -0.15) is 0 Å². The first-order valence-corrected chi connectivity index (χ1v) is 4.74. The van der Waals surface area contributed by atoms with Gasteiger partial charge in [-0.25, -0.2) is 0 Å². The Morgan fingerprint density at radius 1 is 1.62 bits per heavy atom. The molecule has 3 unspecified atom stereocenters. The SMILES string of the molecule is COC(=O)C1CNC2CCOC2C1. The minimum atomic E-state index is -0.124. The maximum atomic E-state index is 11.2. The number of piperidine rings is 1. The highest BCUT2D eigenvalue weighted by Crippen LogP contribution is 2.25. The number of methoxy groups -OCH3 is 1. The predicted molar refractivity (Wildman–Crippen MR) is 46.3 cm³/mol. The number of esters is 1. The average Bonchev–Trinajstić information content (AvgIpc) is 2.63. The van der Waals surface area contributed by atoms with Gasteiger partial charge in [0.2, 0.25) is 0 Å². The Morgan fingerprint density at radius 3 is 3.23 bits per heavy atom. The minimum Gasteiger partial charge on any atom is -0.469 e. The van der Waals surface area contributed by atoms with Gasteiger partial charge in [-0.15, -0.1) is 0 Å². The van der Waals surface area contributed by atoms with Crippen molar-refractivity contribution < 1.29 is 14.3 Å². The standard InChI is InChI=1S/C9H15NO3/c1-12-9(11)6-4-8-7(10-5-6)2-3-13-8/h6-8,10H,2-5H2,1H3. The first kappa shape index (κ1) is 8.97. The molecular weight excluding hydrogens is 170 g/mol. The molecule has 1 N–H and O–H groups in total. The van der Waals surface area contributed by atoms with E-state index in [9.17, 15) is 4.79 Å². The second-order valence-electron chi connectivity index (χ2n) is 3.67. The van der Waals surface area contributed by atoms with Crippen molar-refractivity contribution in [3.05, 3.63) is 0 Å². The van der Waals surface area contributed by atoms with Crippen LogP contribution in [0.2, 0.25) is 0 Å². The molecule has 0 aliphatic carbocycles. The Hall–Kier alpha value is -0.610. The molecule has 2 rings (SSSR count). The summed E-state index contributed by atoms with van der Waals surface area (Å²) in [4.78, 5) is 11.2. The Kier molecular flexibility index (Phi) is 2.51. The summed E-state index contributed by atoms with van der Waals surface area (Å²) in [6.45, 7) is 1.55. The lowest BCUT2D eigenvalue weighted by molar-refractivity contribution is -0.147. The fourth-order valence-electron chi connectivity index (χ4n) is 2.12. The van der Waals surface area contributed by atoms with Crippen LogP contribution < -0.4 is 5.32 Å². The van der Waals surface area contributed by atoms with E-state index < -0.39 is 0 Å². The molecule has 4 nitrogen and oxygen atoms in total. The smallest absolute Gasteiger partial charge is 0.310 e. The van der Waals surface area contributed by atoms with Gasteiger partial charge in [0.05, 0.1) is 19.1 Å². The van der Waals surface area contributed by atoms with Gasteiger partial charge in [0.15, 0.2) is 0 Å². The summed E-state index contributed by atoms with van der Waals surface area (Å²) in [5, 5.41) is 3.32. The maximum absolute atomic E-state index is 11.2. The number of hydrogen-bond acceptors (Lipinski definition) is 4. The first-order chi connectivity index (χ1) is 6.31. The van der Waals surface area contributed by atoms with Crippen LogP contribution in [0.5, 0.6) is 0 Å². The van der Waals surface area contributed by atoms with Crippen LogP contribution in [0.3, 0.4) is 0 Å². The molecule has 0 radical (unpaired) electrons. The molecule has 0 aromatic rings. The molecular formula is C9H15NO3. The third-order valence-electron chi connectivity index (χ3n) is 2.89. The lowest BCUT2D eigenvalue weighted by Crippen LogP contribution is -2.48. The zero-order chi connectivity index (χ0) is 9.26. The molecule has 2 heterocycles. The van der Waals surface area contributed by atoms with Gasteiger partial charge in [-0.3, -0.25) is 4.79 Å². The number of ether oxygens (including phenoxy) is 2. The van der Waals surface area contributed by atoms with E-state index in [1.54, 1.807) is 0 Å². The zero-order valence-corrected chi connectivity index (χ0v) is 7.79. The van der Waals surface area contributed by atoms with Crippen molar-refractivity contribution in [1.82, 2.24) is 5.32 Å². The molecule has 13 heavy (non-hydrogen) atoms. The van der Waals surface area contributed by atoms with Crippen molar-refractivity contribution in [2.75, 3.05) is 20.3 Å². The van der Waals surface area contributed by atoms with E-state index in [0.29, 0.717) is 6.04 Å². The number of nitrogens with one attached hydrogen (secondary N) is 1. The highest BCUT2D eigenvalue weighted by Gasteiger charge is 2.37. The number of carbonyl (C=O) groups excluding carboxylic acids is 1. The molecule has 0 amide bonds. The normalized spacial score (nSPS) is 38.4. The molecule has 4 heteroatoms. The topological polar surface area (TPSA) is 47.6 Å². The lowest BCUT2D eigenvalue weighted by Gasteiger charge is -2.30. The third-order valence-corrected chi connectivity index (χ3v) is 2.89. The second-order valence-corrected chi connectivity index (χ2v) is 3.67. The number of fused-ring (bicyclic) bond motifs is 1.